The fraction of sp³-hybridized carbons (Fsp3) is 0.273. The lowest BCUT2D eigenvalue weighted by Gasteiger charge is -2.39. The highest BCUT2D eigenvalue weighted by Gasteiger charge is 2.42. The summed E-state index contributed by atoms with van der Waals surface area (Å²) in [5.74, 6) is -1.17. The smallest absolute Gasteiger partial charge is 0.331 e. The van der Waals surface area contributed by atoms with Crippen molar-refractivity contribution < 1.29 is 14.7 Å². The largest absolute Gasteiger partial charge is 0.479 e. The second-order valence-corrected chi connectivity index (χ2v) is 4.71. The minimum absolute atomic E-state index is 0.170. The number of carboxylic acid groups (broad SMARTS) is 1. The molecule has 1 fully saturated rings. The maximum absolute atomic E-state index is 11.5. The van der Waals surface area contributed by atoms with Gasteiger partial charge in [-0.3, -0.25) is 4.79 Å². The van der Waals surface area contributed by atoms with E-state index in [1.165, 1.54) is 4.90 Å². The van der Waals surface area contributed by atoms with Crippen LogP contribution in [0.15, 0.2) is 30.3 Å². The highest BCUT2D eigenvalue weighted by atomic mass is 79.9. The molecule has 0 aromatic heterocycles. The molecule has 1 aliphatic heterocycles. The Morgan fingerprint density at radius 3 is 2.50 bits per heavy atom. The van der Waals surface area contributed by atoms with Gasteiger partial charge in [0.05, 0.1) is 0 Å². The Morgan fingerprint density at radius 2 is 2.06 bits per heavy atom. The van der Waals surface area contributed by atoms with E-state index in [0.717, 1.165) is 0 Å². The summed E-state index contributed by atoms with van der Waals surface area (Å²) in [4.78, 5) is 23.8. The number of carboxylic acids is 1. The van der Waals surface area contributed by atoms with E-state index < -0.39 is 12.0 Å². The van der Waals surface area contributed by atoms with E-state index in [9.17, 15) is 9.59 Å². The number of carbonyl (C=O) groups excluding carboxylic acids is 1. The van der Waals surface area contributed by atoms with Crippen LogP contribution in [-0.2, 0) is 9.59 Å². The lowest BCUT2D eigenvalue weighted by atomic mass is 10.0. The van der Waals surface area contributed by atoms with Crippen molar-refractivity contribution in [3.05, 3.63) is 35.9 Å². The number of nitrogens with zero attached hydrogens (tertiary/aromatic N) is 1. The van der Waals surface area contributed by atoms with Gasteiger partial charge in [-0.25, -0.2) is 4.79 Å². The molecule has 1 heterocycles. The van der Waals surface area contributed by atoms with Gasteiger partial charge in [-0.1, -0.05) is 46.3 Å². The van der Waals surface area contributed by atoms with Crippen molar-refractivity contribution >= 4 is 27.8 Å². The van der Waals surface area contributed by atoms with Crippen molar-refractivity contribution in [2.24, 2.45) is 0 Å². The molecule has 0 saturated carbocycles. The van der Waals surface area contributed by atoms with E-state index in [2.05, 4.69) is 15.9 Å². The quantitative estimate of drug-likeness (QED) is 0.674. The van der Waals surface area contributed by atoms with Crippen LogP contribution in [0.3, 0.4) is 0 Å². The molecule has 1 N–H and O–H groups in total. The first kappa shape index (κ1) is 11.1. The molecular weight excluding hydrogens is 274 g/mol. The Balaban J connectivity index is 2.26. The van der Waals surface area contributed by atoms with Gasteiger partial charge in [0.2, 0.25) is 5.91 Å². The molecule has 1 saturated heterocycles. The normalized spacial score (nSPS) is 21.4. The van der Waals surface area contributed by atoms with Crippen molar-refractivity contribution in [1.82, 2.24) is 4.90 Å². The maximum atomic E-state index is 11.5. The zero-order valence-corrected chi connectivity index (χ0v) is 9.92. The van der Waals surface area contributed by atoms with Crippen LogP contribution in [0, 0.1) is 0 Å². The maximum Gasteiger partial charge on any atom is 0.331 e. The first-order valence-electron chi connectivity index (χ1n) is 4.83. The minimum Gasteiger partial charge on any atom is -0.479 e. The van der Waals surface area contributed by atoms with Crippen LogP contribution in [0.25, 0.3) is 0 Å². The van der Waals surface area contributed by atoms with Gasteiger partial charge in [0.15, 0.2) is 6.04 Å². The first-order chi connectivity index (χ1) is 7.61. The zero-order chi connectivity index (χ0) is 11.7. The first-order valence-corrected chi connectivity index (χ1v) is 5.75. The van der Waals surface area contributed by atoms with Crippen LogP contribution in [-0.4, -0.2) is 33.3 Å². The molecule has 0 aliphatic carbocycles. The fourth-order valence-corrected chi connectivity index (χ4v) is 2.31. The minimum atomic E-state index is -1.00. The number of alkyl halides is 1. The lowest BCUT2D eigenvalue weighted by molar-refractivity contribution is -0.155. The summed E-state index contributed by atoms with van der Waals surface area (Å²) in [5.41, 5.74) is 0.628. The van der Waals surface area contributed by atoms with Crippen LogP contribution in [0.5, 0.6) is 0 Å². The standard InChI is InChI=1S/C11H10BrNO3/c12-8-6-13(10(8)14)9(11(15)16)7-4-2-1-3-5-7/h1-5,8-9H,6H2,(H,15,16). The van der Waals surface area contributed by atoms with Crippen molar-refractivity contribution in [1.29, 1.82) is 0 Å². The molecule has 2 atom stereocenters. The highest BCUT2D eigenvalue weighted by molar-refractivity contribution is 9.10. The molecule has 1 aromatic carbocycles. The Hall–Kier alpha value is -1.36. The summed E-state index contributed by atoms with van der Waals surface area (Å²) in [6, 6.07) is 7.90. The second kappa shape index (κ2) is 4.25. The summed E-state index contributed by atoms with van der Waals surface area (Å²) >= 11 is 3.17. The average Bonchev–Trinajstić information content (AvgIpc) is 2.29. The Morgan fingerprint density at radius 1 is 1.44 bits per heavy atom. The van der Waals surface area contributed by atoms with Gasteiger partial charge in [-0.15, -0.1) is 0 Å². The molecule has 5 heteroatoms. The Kier molecular flexibility index (Phi) is 2.96. The van der Waals surface area contributed by atoms with E-state index in [-0.39, 0.29) is 10.7 Å². The highest BCUT2D eigenvalue weighted by Crippen LogP contribution is 2.30. The summed E-state index contributed by atoms with van der Waals surface area (Å²) in [5, 5.41) is 9.16. The number of aliphatic carboxylic acids is 1. The number of benzene rings is 1. The van der Waals surface area contributed by atoms with Gasteiger partial charge in [0.25, 0.3) is 0 Å². The van der Waals surface area contributed by atoms with Gasteiger partial charge in [0, 0.05) is 6.54 Å². The van der Waals surface area contributed by atoms with Crippen molar-refractivity contribution in [2.75, 3.05) is 6.54 Å². The topological polar surface area (TPSA) is 57.6 Å². The molecule has 0 radical (unpaired) electrons. The molecule has 0 bridgehead atoms. The van der Waals surface area contributed by atoms with Crippen molar-refractivity contribution in [3.63, 3.8) is 0 Å². The number of β-lactam (4-membered cyclic amide) rings is 1. The summed E-state index contributed by atoms with van der Waals surface area (Å²) in [6.45, 7) is 0.435. The SMILES string of the molecule is O=C(O)C(c1ccccc1)N1CC(Br)C1=O. The van der Waals surface area contributed by atoms with Crippen LogP contribution in [0.4, 0.5) is 0 Å². The molecule has 2 unspecified atom stereocenters. The number of amides is 1. The van der Waals surface area contributed by atoms with Crippen LogP contribution in [0.2, 0.25) is 0 Å². The number of hydrogen-bond acceptors (Lipinski definition) is 2. The van der Waals surface area contributed by atoms with Crippen molar-refractivity contribution in [3.8, 4) is 0 Å². The molecule has 1 amide bonds. The molecule has 84 valence electrons. The zero-order valence-electron chi connectivity index (χ0n) is 8.34. The predicted molar refractivity (Wildman–Crippen MR) is 61.2 cm³/mol. The van der Waals surface area contributed by atoms with Gasteiger partial charge in [-0.2, -0.15) is 0 Å². The molecule has 16 heavy (non-hydrogen) atoms. The Labute approximate surface area is 101 Å². The van der Waals surface area contributed by atoms with Crippen LogP contribution >= 0.6 is 15.9 Å². The van der Waals surface area contributed by atoms with Gasteiger partial charge < -0.3 is 10.0 Å². The average molecular weight is 284 g/mol. The number of likely N-dealkylation sites (tertiary alicyclic amines) is 1. The summed E-state index contributed by atoms with van der Waals surface area (Å²) in [6.07, 6.45) is 0. The number of carbonyl (C=O) groups is 2. The summed E-state index contributed by atoms with van der Waals surface area (Å²) < 4.78 is 0. The predicted octanol–water partition coefficient (Wildman–Crippen LogP) is 1.42. The van der Waals surface area contributed by atoms with Gasteiger partial charge in [-0.05, 0) is 5.56 Å². The van der Waals surface area contributed by atoms with E-state index >= 15 is 0 Å². The Bertz CT molecular complexity index is 420. The lowest BCUT2D eigenvalue weighted by Crippen LogP contribution is -2.56. The third-order valence-electron chi connectivity index (χ3n) is 2.57. The molecule has 2 rings (SSSR count). The fourth-order valence-electron chi connectivity index (χ4n) is 1.73. The number of halogens is 1. The number of rotatable bonds is 3. The molecule has 1 aromatic rings. The van der Waals surface area contributed by atoms with E-state index in [0.29, 0.717) is 12.1 Å². The van der Waals surface area contributed by atoms with Crippen LogP contribution in [0.1, 0.15) is 11.6 Å². The molecule has 0 spiro atoms. The molecule has 4 nitrogen and oxygen atoms in total. The molecule has 1 aliphatic rings. The van der Waals surface area contributed by atoms with Gasteiger partial charge >= 0.3 is 5.97 Å². The third kappa shape index (κ3) is 1.82. The monoisotopic (exact) mass is 283 g/mol. The van der Waals surface area contributed by atoms with Gasteiger partial charge in [0.1, 0.15) is 4.83 Å². The third-order valence-corrected chi connectivity index (χ3v) is 3.25. The van der Waals surface area contributed by atoms with E-state index in [4.69, 9.17) is 5.11 Å². The van der Waals surface area contributed by atoms with E-state index in [1.54, 1.807) is 24.3 Å². The second-order valence-electron chi connectivity index (χ2n) is 3.61. The van der Waals surface area contributed by atoms with E-state index in [1.807, 2.05) is 6.07 Å². The van der Waals surface area contributed by atoms with Crippen LogP contribution < -0.4 is 0 Å². The summed E-state index contributed by atoms with van der Waals surface area (Å²) in [7, 11) is 0. The molecular formula is C11H10BrNO3. The van der Waals surface area contributed by atoms with Crippen molar-refractivity contribution in [2.45, 2.75) is 10.9 Å². The number of hydrogen-bond donors (Lipinski definition) is 1.